The summed E-state index contributed by atoms with van der Waals surface area (Å²) in [6.07, 6.45) is 1.31. The molecule has 11 heteroatoms. The first-order valence-corrected chi connectivity index (χ1v) is 10.0. The third kappa shape index (κ3) is 3.23. The Morgan fingerprint density at radius 3 is 2.71 bits per heavy atom. The van der Waals surface area contributed by atoms with Crippen molar-refractivity contribution in [2.75, 3.05) is 37.4 Å². The number of halogens is 2. The third-order valence-electron chi connectivity index (χ3n) is 5.72. The van der Waals surface area contributed by atoms with Crippen molar-refractivity contribution in [2.45, 2.75) is 38.3 Å². The average Bonchev–Trinajstić information content (AvgIpc) is 3.28. The van der Waals surface area contributed by atoms with Crippen LogP contribution in [0.2, 0.25) is 0 Å². The van der Waals surface area contributed by atoms with Gasteiger partial charge in [-0.2, -0.15) is 0 Å². The molecule has 5 rings (SSSR count). The summed E-state index contributed by atoms with van der Waals surface area (Å²) < 4.78 is 41.2. The normalized spacial score (nSPS) is 19.6. The highest BCUT2D eigenvalue weighted by Crippen LogP contribution is 2.38. The number of rotatable bonds is 3. The molecule has 1 saturated heterocycles. The lowest BCUT2D eigenvalue weighted by Gasteiger charge is -2.30. The van der Waals surface area contributed by atoms with Crippen molar-refractivity contribution in [1.82, 2.24) is 24.5 Å². The second-order valence-electron chi connectivity index (χ2n) is 8.33. The molecule has 1 fully saturated rings. The maximum absolute atomic E-state index is 14.0. The zero-order valence-electron chi connectivity index (χ0n) is 17.5. The molecule has 2 aliphatic heterocycles. The molecule has 0 amide bonds. The van der Waals surface area contributed by atoms with Crippen LogP contribution in [0, 0.1) is 0 Å². The van der Waals surface area contributed by atoms with Gasteiger partial charge in [-0.05, 0) is 19.9 Å². The molecule has 0 aliphatic carbocycles. The number of ether oxygens (including phenoxy) is 2. The monoisotopic (exact) mass is 431 g/mol. The molecule has 0 spiro atoms. The molecule has 5 heterocycles. The Morgan fingerprint density at radius 2 is 2.00 bits per heavy atom. The first-order chi connectivity index (χ1) is 14.7. The van der Waals surface area contributed by atoms with Gasteiger partial charge < -0.3 is 24.7 Å². The quantitative estimate of drug-likeness (QED) is 0.675. The van der Waals surface area contributed by atoms with Crippen LogP contribution in [0.4, 0.5) is 20.4 Å². The van der Waals surface area contributed by atoms with Crippen molar-refractivity contribution < 1.29 is 18.3 Å². The molecule has 3 aromatic rings. The third-order valence-corrected chi connectivity index (χ3v) is 5.72. The Bertz CT molecular complexity index is 1180. The zero-order chi connectivity index (χ0) is 22.0. The van der Waals surface area contributed by atoms with Gasteiger partial charge in [0.15, 0.2) is 34.4 Å². The van der Waals surface area contributed by atoms with Crippen LogP contribution in [-0.4, -0.2) is 57.2 Å². The van der Waals surface area contributed by atoms with Gasteiger partial charge in [0.2, 0.25) is 0 Å². The van der Waals surface area contributed by atoms with E-state index in [9.17, 15) is 8.78 Å². The summed E-state index contributed by atoms with van der Waals surface area (Å²) in [7, 11) is 1.49. The number of hydrogen-bond acceptors (Lipinski definition) is 8. The van der Waals surface area contributed by atoms with Crippen molar-refractivity contribution in [1.29, 1.82) is 0 Å². The van der Waals surface area contributed by atoms with Gasteiger partial charge in [0.1, 0.15) is 11.4 Å². The molecule has 2 aliphatic rings. The van der Waals surface area contributed by atoms with Crippen LogP contribution in [0.15, 0.2) is 12.3 Å². The van der Waals surface area contributed by atoms with Gasteiger partial charge in [-0.15, -0.1) is 0 Å². The standard InChI is InChI=1S/C20H23F2N7O2/c1-19(2)18-25-13-16(28-5-4-20(21,22)10-28)26-15(27-17(13)29(18)6-7-31-19)11-8-12(30-3)14(23)24-9-11/h8-9H,4-7,10H2,1-3H3,(H2,23,24). The Kier molecular flexibility index (Phi) is 4.30. The topological polar surface area (TPSA) is 104 Å². The number of nitrogens with two attached hydrogens (primary N) is 1. The van der Waals surface area contributed by atoms with E-state index in [2.05, 4.69) is 9.97 Å². The summed E-state index contributed by atoms with van der Waals surface area (Å²) >= 11 is 0. The van der Waals surface area contributed by atoms with E-state index in [-0.39, 0.29) is 18.8 Å². The van der Waals surface area contributed by atoms with Crippen molar-refractivity contribution in [2.24, 2.45) is 0 Å². The van der Waals surface area contributed by atoms with Crippen LogP contribution in [0.1, 0.15) is 26.1 Å². The summed E-state index contributed by atoms with van der Waals surface area (Å²) in [6.45, 7) is 4.69. The molecule has 3 aromatic heterocycles. The van der Waals surface area contributed by atoms with E-state index in [0.29, 0.717) is 53.1 Å². The molecule has 0 saturated carbocycles. The van der Waals surface area contributed by atoms with Crippen molar-refractivity contribution >= 4 is 22.8 Å². The van der Waals surface area contributed by atoms with Gasteiger partial charge in [-0.1, -0.05) is 0 Å². The molecule has 0 radical (unpaired) electrons. The number of imidazole rings is 1. The number of nitrogen functional groups attached to an aromatic ring is 1. The molecule has 0 aromatic carbocycles. The van der Waals surface area contributed by atoms with Gasteiger partial charge >= 0.3 is 0 Å². The molecule has 0 unspecified atom stereocenters. The molecule has 9 nitrogen and oxygen atoms in total. The molecular formula is C20H23F2N7O2. The summed E-state index contributed by atoms with van der Waals surface area (Å²) in [6, 6.07) is 1.69. The summed E-state index contributed by atoms with van der Waals surface area (Å²) in [5.41, 5.74) is 6.85. The predicted molar refractivity (Wildman–Crippen MR) is 110 cm³/mol. The highest BCUT2D eigenvalue weighted by molar-refractivity contribution is 5.87. The highest BCUT2D eigenvalue weighted by atomic mass is 19.3. The summed E-state index contributed by atoms with van der Waals surface area (Å²) in [5.74, 6) is -0.722. The van der Waals surface area contributed by atoms with E-state index < -0.39 is 18.1 Å². The minimum Gasteiger partial charge on any atom is -0.493 e. The lowest BCUT2D eigenvalue weighted by atomic mass is 10.1. The Morgan fingerprint density at radius 1 is 1.19 bits per heavy atom. The molecule has 2 N–H and O–H groups in total. The highest BCUT2D eigenvalue weighted by Gasteiger charge is 2.41. The second kappa shape index (κ2) is 6.71. The van der Waals surface area contributed by atoms with E-state index in [1.54, 1.807) is 17.2 Å². The zero-order valence-corrected chi connectivity index (χ0v) is 17.5. The smallest absolute Gasteiger partial charge is 0.266 e. The van der Waals surface area contributed by atoms with Crippen LogP contribution >= 0.6 is 0 Å². The Balaban J connectivity index is 1.74. The first kappa shape index (κ1) is 19.9. The number of fused-ring (bicyclic) bond motifs is 3. The van der Waals surface area contributed by atoms with Crippen molar-refractivity contribution in [3.05, 3.63) is 18.1 Å². The second-order valence-corrected chi connectivity index (χ2v) is 8.33. The lowest BCUT2D eigenvalue weighted by molar-refractivity contribution is -0.0530. The first-order valence-electron chi connectivity index (χ1n) is 10.0. The van der Waals surface area contributed by atoms with E-state index >= 15 is 0 Å². The molecule has 0 bridgehead atoms. The summed E-state index contributed by atoms with van der Waals surface area (Å²) in [5, 5.41) is 0. The number of anilines is 2. The van der Waals surface area contributed by atoms with E-state index in [0.717, 1.165) is 0 Å². The fraction of sp³-hybridized carbons (Fsp3) is 0.500. The molecule has 0 atom stereocenters. The van der Waals surface area contributed by atoms with E-state index in [4.69, 9.17) is 25.2 Å². The van der Waals surface area contributed by atoms with E-state index in [1.807, 2.05) is 18.4 Å². The number of nitrogens with zero attached hydrogens (tertiary/aromatic N) is 6. The molecule has 31 heavy (non-hydrogen) atoms. The van der Waals surface area contributed by atoms with Gasteiger partial charge in [-0.3, -0.25) is 0 Å². The number of aromatic nitrogens is 5. The van der Waals surface area contributed by atoms with Crippen LogP contribution in [0.5, 0.6) is 5.75 Å². The number of alkyl halides is 2. The van der Waals surface area contributed by atoms with E-state index in [1.165, 1.54) is 7.11 Å². The number of hydrogen-bond donors (Lipinski definition) is 1. The van der Waals surface area contributed by atoms with Gasteiger partial charge in [0.05, 0.1) is 20.3 Å². The molecule has 164 valence electrons. The van der Waals surface area contributed by atoms with Crippen LogP contribution in [-0.2, 0) is 16.9 Å². The summed E-state index contributed by atoms with van der Waals surface area (Å²) in [4.78, 5) is 19.9. The van der Waals surface area contributed by atoms with Gasteiger partial charge in [0, 0.05) is 31.3 Å². The minimum atomic E-state index is -2.77. The largest absolute Gasteiger partial charge is 0.493 e. The van der Waals surface area contributed by atoms with Crippen molar-refractivity contribution in [3.8, 4) is 17.1 Å². The SMILES string of the molecule is COc1cc(-c2nc(N3CCC(F)(F)C3)c3nc4n(c3n2)CCOC4(C)C)cnc1N. The number of pyridine rings is 1. The maximum Gasteiger partial charge on any atom is 0.266 e. The number of methoxy groups -OCH3 is 1. The Labute approximate surface area is 177 Å². The maximum atomic E-state index is 14.0. The van der Waals surface area contributed by atoms with Crippen molar-refractivity contribution in [3.63, 3.8) is 0 Å². The van der Waals surface area contributed by atoms with Crippen LogP contribution in [0.3, 0.4) is 0 Å². The fourth-order valence-electron chi connectivity index (χ4n) is 4.12. The lowest BCUT2D eigenvalue weighted by Crippen LogP contribution is -2.33. The van der Waals surface area contributed by atoms with Gasteiger partial charge in [-0.25, -0.2) is 28.7 Å². The predicted octanol–water partition coefficient (Wildman–Crippen LogP) is 2.59. The minimum absolute atomic E-state index is 0.184. The van der Waals surface area contributed by atoms with Crippen LogP contribution < -0.4 is 15.4 Å². The Hall–Kier alpha value is -3.08. The molecular weight excluding hydrogens is 408 g/mol. The van der Waals surface area contributed by atoms with Gasteiger partial charge in [0.25, 0.3) is 5.92 Å². The fourth-order valence-corrected chi connectivity index (χ4v) is 4.12. The van der Waals surface area contributed by atoms with Crippen LogP contribution in [0.25, 0.3) is 22.6 Å². The average molecular weight is 431 g/mol.